The summed E-state index contributed by atoms with van der Waals surface area (Å²) in [5.41, 5.74) is 0.956. The minimum Gasteiger partial charge on any atom is -0.481 e. The molecule has 0 bridgehead atoms. The average Bonchev–Trinajstić information content (AvgIpc) is 2.26. The lowest BCUT2D eigenvalue weighted by molar-refractivity contribution is -0.138. The molecule has 0 aliphatic heterocycles. The lowest BCUT2D eigenvalue weighted by atomic mass is 10.2. The van der Waals surface area contributed by atoms with E-state index in [1.807, 2.05) is 6.07 Å². The van der Waals surface area contributed by atoms with Gasteiger partial charge in [0.25, 0.3) is 0 Å². The molecule has 0 aromatic carbocycles. The van der Waals surface area contributed by atoms with Gasteiger partial charge in [0.05, 0.1) is 17.7 Å². The number of carboxylic acid groups (broad SMARTS) is 1. The summed E-state index contributed by atoms with van der Waals surface area (Å²) in [6, 6.07) is 5.02. The third kappa shape index (κ3) is 3.91. The van der Waals surface area contributed by atoms with Crippen LogP contribution in [0.5, 0.6) is 0 Å². The highest BCUT2D eigenvalue weighted by Crippen LogP contribution is 2.09. The maximum atomic E-state index is 11.3. The van der Waals surface area contributed by atoms with Gasteiger partial charge in [0.2, 0.25) is 5.91 Å². The van der Waals surface area contributed by atoms with E-state index in [1.54, 1.807) is 13.0 Å². The molecule has 0 saturated heterocycles. The lowest BCUT2D eigenvalue weighted by Gasteiger charge is -2.04. The average molecular weight is 233 g/mol. The first-order valence-electron chi connectivity index (χ1n) is 4.92. The number of carbonyl (C=O) groups is 2. The van der Waals surface area contributed by atoms with Crippen LogP contribution in [0.4, 0.5) is 5.82 Å². The second kappa shape index (κ2) is 5.61. The number of rotatable bonds is 4. The van der Waals surface area contributed by atoms with Gasteiger partial charge in [0.15, 0.2) is 0 Å². The number of aryl methyl sites for hydroxylation is 1. The van der Waals surface area contributed by atoms with Crippen molar-refractivity contribution in [3.05, 3.63) is 23.4 Å². The Labute approximate surface area is 97.9 Å². The van der Waals surface area contributed by atoms with Crippen LogP contribution in [-0.2, 0) is 9.59 Å². The van der Waals surface area contributed by atoms with Crippen molar-refractivity contribution in [2.75, 3.05) is 5.32 Å². The van der Waals surface area contributed by atoms with Crippen molar-refractivity contribution in [3.63, 3.8) is 0 Å². The molecule has 88 valence electrons. The molecule has 2 N–H and O–H groups in total. The van der Waals surface area contributed by atoms with Crippen LogP contribution >= 0.6 is 0 Å². The number of hydrogen-bond donors (Lipinski definition) is 2. The van der Waals surface area contributed by atoms with Crippen molar-refractivity contribution in [3.8, 4) is 6.07 Å². The Hall–Kier alpha value is -2.42. The van der Waals surface area contributed by atoms with Crippen molar-refractivity contribution >= 4 is 17.7 Å². The summed E-state index contributed by atoms with van der Waals surface area (Å²) in [6.07, 6.45) is -0.322. The topological polar surface area (TPSA) is 103 Å². The number of pyridine rings is 1. The van der Waals surface area contributed by atoms with Crippen LogP contribution in [0.1, 0.15) is 24.1 Å². The number of carboxylic acids is 1. The Bertz CT molecular complexity index is 491. The number of nitrogens with one attached hydrogen (secondary N) is 1. The fraction of sp³-hybridized carbons (Fsp3) is 0.273. The van der Waals surface area contributed by atoms with Crippen LogP contribution in [0, 0.1) is 18.3 Å². The molecule has 1 rings (SSSR count). The van der Waals surface area contributed by atoms with E-state index in [4.69, 9.17) is 10.4 Å². The number of aromatic nitrogens is 1. The SMILES string of the molecule is Cc1nc(NC(=O)CCC(=O)O)ccc1C#N. The summed E-state index contributed by atoms with van der Waals surface area (Å²) in [5, 5.41) is 19.6. The Balaban J connectivity index is 2.64. The van der Waals surface area contributed by atoms with E-state index in [2.05, 4.69) is 10.3 Å². The third-order valence-electron chi connectivity index (χ3n) is 2.04. The fourth-order valence-corrected chi connectivity index (χ4v) is 1.17. The normalized spacial score (nSPS) is 9.41. The summed E-state index contributed by atoms with van der Waals surface area (Å²) in [7, 11) is 0. The summed E-state index contributed by atoms with van der Waals surface area (Å²) >= 11 is 0. The largest absolute Gasteiger partial charge is 0.481 e. The molecular formula is C11H11N3O3. The van der Waals surface area contributed by atoms with Gasteiger partial charge in [-0.25, -0.2) is 4.98 Å². The Morgan fingerprint density at radius 2 is 2.18 bits per heavy atom. The number of aliphatic carboxylic acids is 1. The van der Waals surface area contributed by atoms with E-state index >= 15 is 0 Å². The molecule has 17 heavy (non-hydrogen) atoms. The molecule has 0 atom stereocenters. The quantitative estimate of drug-likeness (QED) is 0.809. The molecule has 0 radical (unpaired) electrons. The summed E-state index contributed by atoms with van der Waals surface area (Å²) < 4.78 is 0. The molecule has 6 heteroatoms. The minimum atomic E-state index is -1.02. The van der Waals surface area contributed by atoms with E-state index in [1.165, 1.54) is 6.07 Å². The summed E-state index contributed by atoms with van der Waals surface area (Å²) in [4.78, 5) is 25.6. The molecule has 1 aromatic heterocycles. The summed E-state index contributed by atoms with van der Waals surface area (Å²) in [5.74, 6) is -1.12. The zero-order valence-electron chi connectivity index (χ0n) is 9.23. The number of carbonyl (C=O) groups excluding carboxylic acids is 1. The lowest BCUT2D eigenvalue weighted by Crippen LogP contribution is -2.14. The van der Waals surface area contributed by atoms with E-state index in [9.17, 15) is 9.59 Å². The minimum absolute atomic E-state index is 0.101. The monoisotopic (exact) mass is 233 g/mol. The van der Waals surface area contributed by atoms with Gasteiger partial charge in [-0.1, -0.05) is 0 Å². The van der Waals surface area contributed by atoms with E-state index in [-0.39, 0.29) is 12.8 Å². The molecule has 0 aliphatic carbocycles. The van der Waals surface area contributed by atoms with Gasteiger partial charge in [-0.15, -0.1) is 0 Å². The molecule has 0 saturated carbocycles. The van der Waals surface area contributed by atoms with Gasteiger partial charge in [0.1, 0.15) is 11.9 Å². The van der Waals surface area contributed by atoms with E-state index < -0.39 is 11.9 Å². The van der Waals surface area contributed by atoms with Crippen LogP contribution in [-0.4, -0.2) is 22.0 Å². The molecule has 0 unspecified atom stereocenters. The van der Waals surface area contributed by atoms with Crippen molar-refractivity contribution < 1.29 is 14.7 Å². The van der Waals surface area contributed by atoms with Crippen molar-refractivity contribution in [1.82, 2.24) is 4.98 Å². The summed E-state index contributed by atoms with van der Waals surface area (Å²) in [6.45, 7) is 1.66. The Kier molecular flexibility index (Phi) is 4.17. The van der Waals surface area contributed by atoms with Crippen LogP contribution in [0.15, 0.2) is 12.1 Å². The molecular weight excluding hydrogens is 222 g/mol. The Morgan fingerprint density at radius 3 is 2.71 bits per heavy atom. The standard InChI is InChI=1S/C11H11N3O3/c1-7-8(6-12)2-3-9(13-7)14-10(15)4-5-11(16)17/h2-3H,4-5H2,1H3,(H,16,17)(H,13,14,15). The van der Waals surface area contributed by atoms with Crippen LogP contribution < -0.4 is 5.32 Å². The second-order valence-corrected chi connectivity index (χ2v) is 3.38. The van der Waals surface area contributed by atoms with E-state index in [0.717, 1.165) is 0 Å². The first-order valence-corrected chi connectivity index (χ1v) is 4.92. The third-order valence-corrected chi connectivity index (χ3v) is 2.04. The number of anilines is 1. The number of nitrogens with zero attached hydrogens (tertiary/aromatic N) is 2. The smallest absolute Gasteiger partial charge is 0.303 e. The van der Waals surface area contributed by atoms with Crippen molar-refractivity contribution in [1.29, 1.82) is 5.26 Å². The van der Waals surface area contributed by atoms with Gasteiger partial charge >= 0.3 is 5.97 Å². The molecule has 1 heterocycles. The van der Waals surface area contributed by atoms with Gasteiger partial charge in [0, 0.05) is 6.42 Å². The predicted molar refractivity (Wildman–Crippen MR) is 59.2 cm³/mol. The number of amides is 1. The number of hydrogen-bond acceptors (Lipinski definition) is 4. The van der Waals surface area contributed by atoms with Gasteiger partial charge in [-0.3, -0.25) is 9.59 Å². The fourth-order valence-electron chi connectivity index (χ4n) is 1.17. The maximum absolute atomic E-state index is 11.3. The molecule has 1 aromatic rings. The first-order chi connectivity index (χ1) is 8.02. The molecule has 1 amide bonds. The van der Waals surface area contributed by atoms with Crippen LogP contribution in [0.2, 0.25) is 0 Å². The molecule has 0 fully saturated rings. The van der Waals surface area contributed by atoms with Gasteiger partial charge in [-0.2, -0.15) is 5.26 Å². The van der Waals surface area contributed by atoms with Gasteiger partial charge < -0.3 is 10.4 Å². The molecule has 0 spiro atoms. The highest BCUT2D eigenvalue weighted by molar-refractivity contribution is 5.91. The second-order valence-electron chi connectivity index (χ2n) is 3.38. The zero-order chi connectivity index (χ0) is 12.8. The van der Waals surface area contributed by atoms with Crippen molar-refractivity contribution in [2.24, 2.45) is 0 Å². The molecule has 0 aliphatic rings. The molecule has 6 nitrogen and oxygen atoms in total. The maximum Gasteiger partial charge on any atom is 0.303 e. The van der Waals surface area contributed by atoms with Crippen LogP contribution in [0.25, 0.3) is 0 Å². The highest BCUT2D eigenvalue weighted by Gasteiger charge is 2.07. The Morgan fingerprint density at radius 1 is 1.47 bits per heavy atom. The first kappa shape index (κ1) is 12.6. The van der Waals surface area contributed by atoms with Crippen LogP contribution in [0.3, 0.4) is 0 Å². The highest BCUT2D eigenvalue weighted by atomic mass is 16.4. The predicted octanol–water partition coefficient (Wildman–Crippen LogP) is 1.07. The van der Waals surface area contributed by atoms with E-state index in [0.29, 0.717) is 17.1 Å². The van der Waals surface area contributed by atoms with Gasteiger partial charge in [-0.05, 0) is 19.1 Å². The zero-order valence-corrected chi connectivity index (χ0v) is 9.23. The number of nitriles is 1. The van der Waals surface area contributed by atoms with Crippen molar-refractivity contribution in [2.45, 2.75) is 19.8 Å².